The first-order valence-corrected chi connectivity index (χ1v) is 10.9. The molecule has 11 nitrogen and oxygen atoms in total. The van der Waals surface area contributed by atoms with Gasteiger partial charge in [-0.1, -0.05) is 6.07 Å². The van der Waals surface area contributed by atoms with E-state index in [1.165, 1.54) is 34.9 Å². The molecule has 0 N–H and O–H groups in total. The quantitative estimate of drug-likeness (QED) is 0.489. The summed E-state index contributed by atoms with van der Waals surface area (Å²) in [5.41, 5.74) is -0.244. The van der Waals surface area contributed by atoms with Gasteiger partial charge in [-0.25, -0.2) is 13.2 Å². The fraction of sp³-hybridized carbons (Fsp3) is 0.529. The van der Waals surface area contributed by atoms with Gasteiger partial charge >= 0.3 is 6.09 Å². The van der Waals surface area contributed by atoms with Crippen LogP contribution >= 0.6 is 0 Å². The zero-order valence-electron chi connectivity index (χ0n) is 16.5. The number of hydrogen-bond donors (Lipinski definition) is 0. The van der Waals surface area contributed by atoms with Gasteiger partial charge in [0.15, 0.2) is 0 Å². The summed E-state index contributed by atoms with van der Waals surface area (Å²) in [6, 6.07) is 4.01. The first kappa shape index (κ1) is 22.4. The van der Waals surface area contributed by atoms with Crippen molar-refractivity contribution >= 4 is 33.4 Å². The second-order valence-electron chi connectivity index (χ2n) is 6.52. The predicted octanol–water partition coefficient (Wildman–Crippen LogP) is 1.05. The Hall–Kier alpha value is -2.89. The summed E-state index contributed by atoms with van der Waals surface area (Å²) in [4.78, 5) is 38.1. The maximum Gasteiger partial charge on any atom is 0.409 e. The summed E-state index contributed by atoms with van der Waals surface area (Å²) in [6.45, 7) is 4.39. The molecule has 2 rings (SSSR count). The average Bonchev–Trinajstić information content (AvgIpc) is 2.67. The fourth-order valence-electron chi connectivity index (χ4n) is 3.13. The van der Waals surface area contributed by atoms with Crippen molar-refractivity contribution in [2.75, 3.05) is 43.3 Å². The Bertz CT molecular complexity index is 882. The van der Waals surface area contributed by atoms with Crippen molar-refractivity contribution in [3.05, 3.63) is 34.4 Å². The van der Waals surface area contributed by atoms with Gasteiger partial charge in [-0.15, -0.1) is 0 Å². The Morgan fingerprint density at radius 3 is 2.34 bits per heavy atom. The molecule has 1 fully saturated rings. The van der Waals surface area contributed by atoms with E-state index in [4.69, 9.17) is 4.74 Å². The lowest BCUT2D eigenvalue weighted by molar-refractivity contribution is -0.384. The van der Waals surface area contributed by atoms with E-state index in [0.29, 0.717) is 0 Å². The number of piperazine rings is 1. The molecule has 0 unspecified atom stereocenters. The first-order chi connectivity index (χ1) is 13.6. The normalized spacial score (nSPS) is 15.6. The molecule has 0 bridgehead atoms. The van der Waals surface area contributed by atoms with Crippen molar-refractivity contribution in [1.82, 2.24) is 9.80 Å². The van der Waals surface area contributed by atoms with Gasteiger partial charge in [0.05, 0.1) is 23.5 Å². The molecule has 29 heavy (non-hydrogen) atoms. The van der Waals surface area contributed by atoms with E-state index in [9.17, 15) is 28.1 Å². The van der Waals surface area contributed by atoms with Crippen LogP contribution in [-0.2, 0) is 19.6 Å². The Morgan fingerprint density at radius 1 is 1.24 bits per heavy atom. The number of anilines is 1. The van der Waals surface area contributed by atoms with Gasteiger partial charge in [0.2, 0.25) is 15.9 Å². The molecule has 160 valence electrons. The van der Waals surface area contributed by atoms with Crippen molar-refractivity contribution in [2.24, 2.45) is 0 Å². The van der Waals surface area contributed by atoms with Crippen LogP contribution < -0.4 is 4.31 Å². The summed E-state index contributed by atoms with van der Waals surface area (Å²) < 4.78 is 30.6. The van der Waals surface area contributed by atoms with Gasteiger partial charge in [-0.05, 0) is 19.9 Å². The van der Waals surface area contributed by atoms with E-state index >= 15 is 0 Å². The van der Waals surface area contributed by atoms with Crippen LogP contribution in [0.4, 0.5) is 16.2 Å². The minimum absolute atomic E-state index is 0.0349. The number of ether oxygens (including phenoxy) is 1. The molecule has 0 spiro atoms. The zero-order valence-corrected chi connectivity index (χ0v) is 17.3. The summed E-state index contributed by atoms with van der Waals surface area (Å²) in [5, 5.41) is 11.0. The second-order valence-corrected chi connectivity index (χ2v) is 8.38. The number of nitro groups is 1. The Morgan fingerprint density at radius 2 is 1.83 bits per heavy atom. The van der Waals surface area contributed by atoms with Crippen LogP contribution in [-0.4, -0.2) is 80.2 Å². The topological polar surface area (TPSA) is 130 Å². The monoisotopic (exact) mass is 428 g/mol. The van der Waals surface area contributed by atoms with Gasteiger partial charge in [0, 0.05) is 38.3 Å². The van der Waals surface area contributed by atoms with Crippen molar-refractivity contribution < 1.29 is 27.7 Å². The van der Waals surface area contributed by atoms with E-state index < -0.39 is 33.0 Å². The molecule has 1 aromatic rings. The highest BCUT2D eigenvalue weighted by Gasteiger charge is 2.34. The molecule has 1 heterocycles. The molecular formula is C17H24N4O7S. The van der Waals surface area contributed by atoms with Crippen LogP contribution in [0.2, 0.25) is 0 Å². The molecule has 2 amide bonds. The molecule has 12 heteroatoms. The van der Waals surface area contributed by atoms with Crippen LogP contribution in [0, 0.1) is 10.1 Å². The third kappa shape index (κ3) is 5.34. The van der Waals surface area contributed by atoms with Crippen molar-refractivity contribution in [3.8, 4) is 0 Å². The van der Waals surface area contributed by atoms with Crippen molar-refractivity contribution in [1.29, 1.82) is 0 Å². The second kappa shape index (κ2) is 9.07. The largest absolute Gasteiger partial charge is 0.450 e. The summed E-state index contributed by atoms with van der Waals surface area (Å²) in [6.07, 6.45) is 0.482. The Kier molecular flexibility index (Phi) is 7.01. The number of nitrogens with zero attached hydrogens (tertiary/aromatic N) is 4. The van der Waals surface area contributed by atoms with E-state index in [-0.39, 0.29) is 44.2 Å². The van der Waals surface area contributed by atoms with Gasteiger partial charge in [-0.2, -0.15) is 0 Å². The number of benzene rings is 1. The van der Waals surface area contributed by atoms with Crippen LogP contribution in [0.15, 0.2) is 24.3 Å². The molecule has 0 aliphatic carbocycles. The molecule has 1 aromatic carbocycles. The number of nitro benzene ring substituents is 1. The maximum atomic E-state index is 12.9. The third-order valence-electron chi connectivity index (χ3n) is 4.48. The standard InChI is InChI=1S/C17H24N4O7S/c1-4-28-17(23)19-10-8-18(9-11-19)16(22)13(2)20(29(3,26)27)14-6-5-7-15(12-14)21(24)25/h5-7,12-13H,4,8-11H2,1-3H3/t13-/m0/s1. The number of amides is 2. The maximum absolute atomic E-state index is 12.9. The van der Waals surface area contributed by atoms with E-state index in [0.717, 1.165) is 16.6 Å². The third-order valence-corrected chi connectivity index (χ3v) is 5.72. The average molecular weight is 428 g/mol. The first-order valence-electron chi connectivity index (χ1n) is 9.00. The molecule has 1 atom stereocenters. The molecular weight excluding hydrogens is 404 g/mol. The number of sulfonamides is 1. The highest BCUT2D eigenvalue weighted by molar-refractivity contribution is 7.92. The lowest BCUT2D eigenvalue weighted by Gasteiger charge is -2.37. The van der Waals surface area contributed by atoms with Gasteiger partial charge in [0.25, 0.3) is 5.69 Å². The SMILES string of the molecule is CCOC(=O)N1CCN(C(=O)[C@H](C)N(c2cccc([N+](=O)[O-])c2)S(C)(=O)=O)CC1. The Labute approximate surface area is 169 Å². The molecule has 1 aliphatic heterocycles. The van der Waals surface area contributed by atoms with Crippen LogP contribution in [0.5, 0.6) is 0 Å². The zero-order chi connectivity index (χ0) is 21.8. The van der Waals surface area contributed by atoms with Crippen molar-refractivity contribution in [3.63, 3.8) is 0 Å². The minimum atomic E-state index is -3.90. The molecule has 0 radical (unpaired) electrons. The number of hydrogen-bond acceptors (Lipinski definition) is 7. The van der Waals surface area contributed by atoms with Gasteiger partial charge in [-0.3, -0.25) is 19.2 Å². The van der Waals surface area contributed by atoms with E-state index in [1.807, 2.05) is 0 Å². The van der Waals surface area contributed by atoms with Crippen LogP contribution in [0.25, 0.3) is 0 Å². The molecule has 0 aromatic heterocycles. The molecule has 0 saturated carbocycles. The van der Waals surface area contributed by atoms with Crippen LogP contribution in [0.3, 0.4) is 0 Å². The molecule has 1 aliphatic rings. The van der Waals surface area contributed by atoms with Crippen LogP contribution in [0.1, 0.15) is 13.8 Å². The number of non-ortho nitro benzene ring substituents is 1. The lowest BCUT2D eigenvalue weighted by atomic mass is 10.2. The van der Waals surface area contributed by atoms with Gasteiger partial charge in [0.1, 0.15) is 6.04 Å². The molecule has 1 saturated heterocycles. The Balaban J connectivity index is 2.19. The summed E-state index contributed by atoms with van der Waals surface area (Å²) in [7, 11) is -3.90. The summed E-state index contributed by atoms with van der Waals surface area (Å²) >= 11 is 0. The van der Waals surface area contributed by atoms with E-state index in [1.54, 1.807) is 6.92 Å². The van der Waals surface area contributed by atoms with Crippen molar-refractivity contribution in [2.45, 2.75) is 19.9 Å². The van der Waals surface area contributed by atoms with Gasteiger partial charge < -0.3 is 14.5 Å². The highest BCUT2D eigenvalue weighted by atomic mass is 32.2. The summed E-state index contributed by atoms with van der Waals surface area (Å²) in [5.74, 6) is -0.453. The lowest BCUT2D eigenvalue weighted by Crippen LogP contribution is -2.56. The minimum Gasteiger partial charge on any atom is -0.450 e. The number of carbonyl (C=O) groups excluding carboxylic acids is 2. The smallest absolute Gasteiger partial charge is 0.409 e. The fourth-order valence-corrected chi connectivity index (χ4v) is 4.30. The highest BCUT2D eigenvalue weighted by Crippen LogP contribution is 2.26. The van der Waals surface area contributed by atoms with E-state index in [2.05, 4.69) is 0 Å². The number of rotatable bonds is 6. The number of carbonyl (C=O) groups is 2. The predicted molar refractivity (Wildman–Crippen MR) is 105 cm³/mol.